The molecule has 0 bridgehead atoms. The second-order valence-corrected chi connectivity index (χ2v) is 5.36. The van der Waals surface area contributed by atoms with Gasteiger partial charge in [-0.25, -0.2) is 0 Å². The highest BCUT2D eigenvalue weighted by molar-refractivity contribution is 8.03. The summed E-state index contributed by atoms with van der Waals surface area (Å²) in [5, 5.41) is 0. The van der Waals surface area contributed by atoms with E-state index >= 15 is 0 Å². The number of amides is 1. The largest absolute Gasteiger partial charge is 0.302 e. The van der Waals surface area contributed by atoms with Crippen molar-refractivity contribution in [3.05, 3.63) is 11.1 Å². The summed E-state index contributed by atoms with van der Waals surface area (Å²) in [4.78, 5) is 14.8. The van der Waals surface area contributed by atoms with Gasteiger partial charge in [0.15, 0.2) is 0 Å². The molecule has 2 N–H and O–H groups in total. The molecule has 1 aliphatic heterocycles. The summed E-state index contributed by atoms with van der Waals surface area (Å²) < 4.78 is 0. The zero-order chi connectivity index (χ0) is 12.0. The number of nitrogens with two attached hydrogens (primary N) is 1. The molecule has 1 heterocycles. The Bertz CT molecular complexity index is 266. The van der Waals surface area contributed by atoms with Gasteiger partial charge in [-0.05, 0) is 12.8 Å². The van der Waals surface area contributed by atoms with E-state index in [4.69, 9.17) is 5.73 Å². The Kier molecular flexibility index (Phi) is 5.91. The van der Waals surface area contributed by atoms with Crippen molar-refractivity contribution in [1.29, 1.82) is 0 Å². The lowest BCUT2D eigenvalue weighted by Crippen LogP contribution is -2.37. The number of carbonyl (C=O) groups excluding carboxylic acids is 1. The van der Waals surface area contributed by atoms with E-state index in [2.05, 4.69) is 13.8 Å². The van der Waals surface area contributed by atoms with Gasteiger partial charge in [0.05, 0.1) is 0 Å². The molecule has 1 aliphatic rings. The van der Waals surface area contributed by atoms with E-state index in [0.717, 1.165) is 32.1 Å². The molecular weight excluding hydrogens is 220 g/mol. The fourth-order valence-corrected chi connectivity index (χ4v) is 2.81. The monoisotopic (exact) mass is 242 g/mol. The summed E-state index contributed by atoms with van der Waals surface area (Å²) in [5.41, 5.74) is 5.72. The van der Waals surface area contributed by atoms with Crippen molar-refractivity contribution in [1.82, 2.24) is 4.90 Å². The van der Waals surface area contributed by atoms with Gasteiger partial charge >= 0.3 is 0 Å². The topological polar surface area (TPSA) is 46.3 Å². The van der Waals surface area contributed by atoms with Crippen molar-refractivity contribution in [3.8, 4) is 0 Å². The van der Waals surface area contributed by atoms with Gasteiger partial charge in [-0.15, -0.1) is 0 Å². The summed E-state index contributed by atoms with van der Waals surface area (Å²) in [5.74, 6) is 0.166. The van der Waals surface area contributed by atoms with E-state index in [0.29, 0.717) is 6.42 Å². The van der Waals surface area contributed by atoms with Crippen molar-refractivity contribution in [2.24, 2.45) is 5.73 Å². The maximum absolute atomic E-state index is 11.9. The predicted octanol–water partition coefficient (Wildman–Crippen LogP) is 3.03. The van der Waals surface area contributed by atoms with Gasteiger partial charge in [-0.3, -0.25) is 9.69 Å². The van der Waals surface area contributed by atoms with Gasteiger partial charge in [-0.1, -0.05) is 44.9 Å². The SMILES string of the molecule is CCCCCC(=O)N1C=C(CCC)SC1N. The molecule has 92 valence electrons. The number of unbranched alkanes of at least 4 members (excludes halogenated alkanes) is 2. The summed E-state index contributed by atoms with van der Waals surface area (Å²) in [6.07, 6.45) is 7.92. The average molecular weight is 242 g/mol. The number of rotatable bonds is 6. The lowest BCUT2D eigenvalue weighted by atomic mass is 10.2. The van der Waals surface area contributed by atoms with Crippen LogP contribution in [0.15, 0.2) is 11.1 Å². The van der Waals surface area contributed by atoms with Crippen LogP contribution in [0.25, 0.3) is 0 Å². The normalized spacial score (nSPS) is 20.1. The molecule has 0 aromatic heterocycles. The highest BCUT2D eigenvalue weighted by Crippen LogP contribution is 2.33. The minimum absolute atomic E-state index is 0.166. The van der Waals surface area contributed by atoms with Crippen LogP contribution in [-0.2, 0) is 4.79 Å². The molecule has 4 heteroatoms. The van der Waals surface area contributed by atoms with Crippen molar-refractivity contribution in [3.63, 3.8) is 0 Å². The van der Waals surface area contributed by atoms with Crippen LogP contribution in [0.1, 0.15) is 52.4 Å². The van der Waals surface area contributed by atoms with Gasteiger partial charge in [0, 0.05) is 17.5 Å². The molecule has 0 spiro atoms. The Balaban J connectivity index is 2.42. The first-order chi connectivity index (χ1) is 7.69. The second-order valence-electron chi connectivity index (χ2n) is 4.11. The first kappa shape index (κ1) is 13.6. The van der Waals surface area contributed by atoms with Crippen LogP contribution in [0, 0.1) is 0 Å². The van der Waals surface area contributed by atoms with E-state index in [1.807, 2.05) is 6.20 Å². The number of thioether (sulfide) groups is 1. The number of nitrogens with zero attached hydrogens (tertiary/aromatic N) is 1. The average Bonchev–Trinajstić information content (AvgIpc) is 2.60. The highest BCUT2D eigenvalue weighted by Gasteiger charge is 2.25. The van der Waals surface area contributed by atoms with Crippen LogP contribution in [0.5, 0.6) is 0 Å². The maximum Gasteiger partial charge on any atom is 0.228 e. The smallest absolute Gasteiger partial charge is 0.228 e. The third-order valence-electron chi connectivity index (χ3n) is 2.61. The number of allylic oxidation sites excluding steroid dienone is 1. The molecule has 0 aliphatic carbocycles. The fraction of sp³-hybridized carbons (Fsp3) is 0.750. The molecule has 0 saturated carbocycles. The quantitative estimate of drug-likeness (QED) is 0.728. The van der Waals surface area contributed by atoms with Crippen LogP contribution in [-0.4, -0.2) is 16.3 Å². The van der Waals surface area contributed by atoms with Gasteiger partial charge in [0.1, 0.15) is 5.50 Å². The zero-order valence-electron chi connectivity index (χ0n) is 10.2. The Hall–Kier alpha value is -0.480. The van der Waals surface area contributed by atoms with Crippen LogP contribution in [0.4, 0.5) is 0 Å². The first-order valence-corrected chi connectivity index (χ1v) is 7.01. The summed E-state index contributed by atoms with van der Waals surface area (Å²) in [7, 11) is 0. The summed E-state index contributed by atoms with van der Waals surface area (Å²) >= 11 is 1.61. The third kappa shape index (κ3) is 3.83. The second kappa shape index (κ2) is 6.97. The molecule has 1 unspecified atom stereocenters. The van der Waals surface area contributed by atoms with Crippen LogP contribution in [0.2, 0.25) is 0 Å². The van der Waals surface area contributed by atoms with Crippen LogP contribution in [0.3, 0.4) is 0 Å². The molecule has 0 saturated heterocycles. The third-order valence-corrected chi connectivity index (χ3v) is 3.69. The van der Waals surface area contributed by atoms with Crippen LogP contribution >= 0.6 is 11.8 Å². The molecule has 0 aromatic rings. The molecule has 0 aromatic carbocycles. The van der Waals surface area contributed by atoms with Crippen molar-refractivity contribution in [2.75, 3.05) is 0 Å². The lowest BCUT2D eigenvalue weighted by Gasteiger charge is -2.18. The molecule has 1 rings (SSSR count). The van der Waals surface area contributed by atoms with Crippen LogP contribution < -0.4 is 5.73 Å². The lowest BCUT2D eigenvalue weighted by molar-refractivity contribution is -0.129. The van der Waals surface area contributed by atoms with Gasteiger partial charge in [0.2, 0.25) is 5.91 Å². The Morgan fingerprint density at radius 3 is 2.81 bits per heavy atom. The Labute approximate surface area is 102 Å². The molecule has 3 nitrogen and oxygen atoms in total. The minimum Gasteiger partial charge on any atom is -0.302 e. The Morgan fingerprint density at radius 2 is 2.19 bits per heavy atom. The van der Waals surface area contributed by atoms with E-state index in [9.17, 15) is 4.79 Å². The number of carbonyl (C=O) groups is 1. The fourth-order valence-electron chi connectivity index (χ4n) is 1.71. The minimum atomic E-state index is -0.198. The number of hydrogen-bond acceptors (Lipinski definition) is 3. The van der Waals surface area contributed by atoms with E-state index in [1.165, 1.54) is 4.91 Å². The van der Waals surface area contributed by atoms with E-state index in [1.54, 1.807) is 16.7 Å². The molecule has 1 amide bonds. The Morgan fingerprint density at radius 1 is 1.44 bits per heavy atom. The van der Waals surface area contributed by atoms with Gasteiger partial charge in [0.25, 0.3) is 0 Å². The maximum atomic E-state index is 11.9. The first-order valence-electron chi connectivity index (χ1n) is 6.13. The summed E-state index contributed by atoms with van der Waals surface area (Å²) in [6, 6.07) is 0. The molecule has 0 radical (unpaired) electrons. The van der Waals surface area contributed by atoms with E-state index < -0.39 is 0 Å². The zero-order valence-corrected chi connectivity index (χ0v) is 11.1. The van der Waals surface area contributed by atoms with E-state index in [-0.39, 0.29) is 11.4 Å². The van der Waals surface area contributed by atoms with Crippen molar-refractivity contribution >= 4 is 17.7 Å². The molecule has 0 fully saturated rings. The molecule has 16 heavy (non-hydrogen) atoms. The van der Waals surface area contributed by atoms with Gasteiger partial charge < -0.3 is 5.73 Å². The summed E-state index contributed by atoms with van der Waals surface area (Å²) in [6.45, 7) is 4.28. The standard InChI is InChI=1S/C12H22N2OS/c1-3-5-6-8-11(15)14-9-10(7-4-2)16-12(14)13/h9,12H,3-8,13H2,1-2H3. The number of hydrogen-bond donors (Lipinski definition) is 1. The highest BCUT2D eigenvalue weighted by atomic mass is 32.2. The molecular formula is C12H22N2OS. The van der Waals surface area contributed by atoms with Crippen molar-refractivity contribution < 1.29 is 4.79 Å². The molecule has 1 atom stereocenters. The van der Waals surface area contributed by atoms with Crippen molar-refractivity contribution in [2.45, 2.75) is 57.9 Å². The predicted molar refractivity (Wildman–Crippen MR) is 69.5 cm³/mol. The van der Waals surface area contributed by atoms with Gasteiger partial charge in [-0.2, -0.15) is 0 Å².